The average Bonchev–Trinajstić information content (AvgIpc) is 2.68. The highest BCUT2D eigenvalue weighted by molar-refractivity contribution is 5.75. The van der Waals surface area contributed by atoms with E-state index in [0.717, 1.165) is 18.0 Å². The highest BCUT2D eigenvalue weighted by Gasteiger charge is 2.23. The van der Waals surface area contributed by atoms with E-state index in [-0.39, 0.29) is 0 Å². The third kappa shape index (κ3) is 1.84. The van der Waals surface area contributed by atoms with Crippen molar-refractivity contribution in [3.8, 4) is 0 Å². The molecular formula is C14H19N3. The Kier molecular flexibility index (Phi) is 2.63. The van der Waals surface area contributed by atoms with Crippen LogP contribution in [0.15, 0.2) is 24.3 Å². The molecule has 0 aliphatic carbocycles. The molecule has 1 aromatic heterocycles. The van der Waals surface area contributed by atoms with Crippen LogP contribution in [0.5, 0.6) is 0 Å². The molecule has 0 amide bonds. The van der Waals surface area contributed by atoms with E-state index in [1.165, 1.54) is 24.2 Å². The largest absolute Gasteiger partial charge is 0.330 e. The lowest BCUT2D eigenvalue weighted by molar-refractivity contribution is 0.312. The van der Waals surface area contributed by atoms with E-state index in [1.54, 1.807) is 0 Å². The van der Waals surface area contributed by atoms with E-state index in [9.17, 15) is 0 Å². The molecule has 1 N–H and O–H groups in total. The summed E-state index contributed by atoms with van der Waals surface area (Å²) in [7, 11) is 2.12. The van der Waals surface area contributed by atoms with Crippen LogP contribution in [-0.2, 0) is 7.05 Å². The first kappa shape index (κ1) is 10.8. The summed E-state index contributed by atoms with van der Waals surface area (Å²) in [6.07, 6.45) is 2.47. The van der Waals surface area contributed by atoms with Crippen molar-refractivity contribution >= 4 is 11.0 Å². The average molecular weight is 229 g/mol. The normalized spacial score (nSPS) is 25.3. The van der Waals surface area contributed by atoms with E-state index >= 15 is 0 Å². The van der Waals surface area contributed by atoms with Gasteiger partial charge in [0.05, 0.1) is 17.1 Å². The van der Waals surface area contributed by atoms with Crippen molar-refractivity contribution in [2.45, 2.75) is 25.8 Å². The molecule has 1 aromatic carbocycles. The van der Waals surface area contributed by atoms with Crippen molar-refractivity contribution in [3.05, 3.63) is 30.1 Å². The fourth-order valence-electron chi connectivity index (χ4n) is 2.78. The van der Waals surface area contributed by atoms with E-state index in [0.29, 0.717) is 6.04 Å². The number of nitrogens with one attached hydrogen (secondary N) is 1. The Morgan fingerprint density at radius 3 is 2.94 bits per heavy atom. The summed E-state index contributed by atoms with van der Waals surface area (Å²) in [6.45, 7) is 3.44. The molecule has 0 saturated carbocycles. The van der Waals surface area contributed by atoms with Crippen LogP contribution in [0.25, 0.3) is 11.0 Å². The van der Waals surface area contributed by atoms with Gasteiger partial charge in [0.25, 0.3) is 0 Å². The minimum Gasteiger partial charge on any atom is -0.330 e. The molecule has 3 nitrogen and oxygen atoms in total. The third-order valence-corrected chi connectivity index (χ3v) is 3.80. The number of hydrogen-bond acceptors (Lipinski definition) is 2. The van der Waals surface area contributed by atoms with E-state index in [4.69, 9.17) is 4.98 Å². The number of aromatic nitrogens is 2. The van der Waals surface area contributed by atoms with Gasteiger partial charge in [-0.3, -0.25) is 0 Å². The lowest BCUT2D eigenvalue weighted by Crippen LogP contribution is -2.32. The Morgan fingerprint density at radius 2 is 2.18 bits per heavy atom. The van der Waals surface area contributed by atoms with Crippen molar-refractivity contribution in [3.63, 3.8) is 0 Å². The number of imidazole rings is 1. The zero-order chi connectivity index (χ0) is 11.8. The summed E-state index contributed by atoms with van der Waals surface area (Å²) in [5.74, 6) is 1.97. The Morgan fingerprint density at radius 1 is 1.35 bits per heavy atom. The van der Waals surface area contributed by atoms with E-state index < -0.39 is 0 Å². The summed E-state index contributed by atoms with van der Waals surface area (Å²) in [5, 5.41) is 3.58. The van der Waals surface area contributed by atoms with E-state index in [1.807, 2.05) is 0 Å². The highest BCUT2D eigenvalue weighted by atomic mass is 15.1. The molecule has 0 spiro atoms. The lowest BCUT2D eigenvalue weighted by atomic mass is 9.94. The van der Waals surface area contributed by atoms with E-state index in [2.05, 4.69) is 48.1 Å². The summed E-state index contributed by atoms with van der Waals surface area (Å²) < 4.78 is 2.23. The van der Waals surface area contributed by atoms with Crippen LogP contribution >= 0.6 is 0 Å². The number of nitrogens with zero attached hydrogens (tertiary/aromatic N) is 2. The topological polar surface area (TPSA) is 29.9 Å². The van der Waals surface area contributed by atoms with Crippen molar-refractivity contribution in [1.29, 1.82) is 0 Å². The number of hydrogen-bond donors (Lipinski definition) is 1. The molecular weight excluding hydrogens is 210 g/mol. The Bertz CT molecular complexity index is 529. The second-order valence-electron chi connectivity index (χ2n) is 5.15. The number of fused-ring (bicyclic) bond motifs is 1. The number of piperidine rings is 1. The van der Waals surface area contributed by atoms with Crippen LogP contribution in [0.1, 0.15) is 31.6 Å². The smallest absolute Gasteiger partial charge is 0.126 e. The molecule has 0 bridgehead atoms. The van der Waals surface area contributed by atoms with Crippen molar-refractivity contribution in [2.75, 3.05) is 6.54 Å². The van der Waals surface area contributed by atoms with Gasteiger partial charge in [-0.05, 0) is 37.4 Å². The molecule has 3 heteroatoms. The van der Waals surface area contributed by atoms with Crippen LogP contribution in [0.4, 0.5) is 0 Å². The standard InChI is InChI=1S/C14H19N3/c1-10-7-8-15-12(9-10)14-16-11-5-3-4-6-13(11)17(14)2/h3-6,10,12,15H,7-9H2,1-2H3. The minimum atomic E-state index is 0.413. The van der Waals surface area contributed by atoms with Crippen LogP contribution in [0.2, 0.25) is 0 Å². The van der Waals surface area contributed by atoms with Crippen molar-refractivity contribution < 1.29 is 0 Å². The maximum atomic E-state index is 4.77. The van der Waals surface area contributed by atoms with Crippen molar-refractivity contribution in [1.82, 2.24) is 14.9 Å². The zero-order valence-corrected chi connectivity index (χ0v) is 10.5. The quantitative estimate of drug-likeness (QED) is 0.814. The first-order valence-electron chi connectivity index (χ1n) is 6.40. The first-order valence-corrected chi connectivity index (χ1v) is 6.40. The number of para-hydroxylation sites is 2. The molecule has 1 aliphatic rings. The van der Waals surface area contributed by atoms with Crippen LogP contribution in [0, 0.1) is 5.92 Å². The summed E-state index contributed by atoms with van der Waals surface area (Å²) in [6, 6.07) is 8.76. The lowest BCUT2D eigenvalue weighted by Gasteiger charge is -2.27. The monoisotopic (exact) mass is 229 g/mol. The van der Waals surface area contributed by atoms with Gasteiger partial charge in [-0.15, -0.1) is 0 Å². The Balaban J connectivity index is 2.02. The van der Waals surface area contributed by atoms with Crippen LogP contribution in [0.3, 0.4) is 0 Å². The van der Waals surface area contributed by atoms with Gasteiger partial charge in [0.2, 0.25) is 0 Å². The predicted molar refractivity (Wildman–Crippen MR) is 69.9 cm³/mol. The summed E-state index contributed by atoms with van der Waals surface area (Å²) in [5.41, 5.74) is 2.33. The molecule has 2 aromatic rings. The first-order chi connectivity index (χ1) is 8.25. The van der Waals surface area contributed by atoms with Gasteiger partial charge >= 0.3 is 0 Å². The molecule has 2 heterocycles. The number of aryl methyl sites for hydroxylation is 1. The van der Waals surface area contributed by atoms with Gasteiger partial charge < -0.3 is 9.88 Å². The molecule has 17 heavy (non-hydrogen) atoms. The van der Waals surface area contributed by atoms with Crippen LogP contribution in [-0.4, -0.2) is 16.1 Å². The number of benzene rings is 1. The molecule has 1 fully saturated rings. The fourth-order valence-corrected chi connectivity index (χ4v) is 2.78. The van der Waals surface area contributed by atoms with Gasteiger partial charge in [-0.2, -0.15) is 0 Å². The van der Waals surface area contributed by atoms with Crippen LogP contribution < -0.4 is 5.32 Å². The Hall–Kier alpha value is -1.35. The molecule has 1 saturated heterocycles. The predicted octanol–water partition coefficient (Wildman–Crippen LogP) is 2.63. The summed E-state index contributed by atoms with van der Waals surface area (Å²) >= 11 is 0. The summed E-state index contributed by atoms with van der Waals surface area (Å²) in [4.78, 5) is 4.77. The maximum Gasteiger partial charge on any atom is 0.126 e. The second kappa shape index (κ2) is 4.15. The second-order valence-corrected chi connectivity index (χ2v) is 5.15. The molecule has 90 valence electrons. The number of rotatable bonds is 1. The van der Waals surface area contributed by atoms with Crippen molar-refractivity contribution in [2.24, 2.45) is 13.0 Å². The fraction of sp³-hybridized carbons (Fsp3) is 0.500. The Labute approximate surface area is 102 Å². The van der Waals surface area contributed by atoms with Gasteiger partial charge in [-0.1, -0.05) is 19.1 Å². The van der Waals surface area contributed by atoms with Gasteiger partial charge in [0.1, 0.15) is 5.82 Å². The molecule has 0 radical (unpaired) electrons. The SMILES string of the molecule is CC1CCNC(c2nc3ccccc3n2C)C1. The molecule has 2 atom stereocenters. The third-order valence-electron chi connectivity index (χ3n) is 3.80. The van der Waals surface area contributed by atoms with Gasteiger partial charge in [0, 0.05) is 7.05 Å². The molecule has 1 aliphatic heterocycles. The highest BCUT2D eigenvalue weighted by Crippen LogP contribution is 2.28. The van der Waals surface area contributed by atoms with Gasteiger partial charge in [-0.25, -0.2) is 4.98 Å². The van der Waals surface area contributed by atoms with Gasteiger partial charge in [0.15, 0.2) is 0 Å². The molecule has 2 unspecified atom stereocenters. The maximum absolute atomic E-state index is 4.77. The zero-order valence-electron chi connectivity index (χ0n) is 10.5. The minimum absolute atomic E-state index is 0.413. The molecule has 3 rings (SSSR count).